The van der Waals surface area contributed by atoms with Crippen LogP contribution in [0.4, 0.5) is 0 Å². The van der Waals surface area contributed by atoms with Crippen molar-refractivity contribution in [1.82, 2.24) is 0 Å². The lowest BCUT2D eigenvalue weighted by molar-refractivity contribution is 5.65. The highest BCUT2D eigenvalue weighted by molar-refractivity contribution is 9.54. The Kier molecular flexibility index (Phi) is 20.5. The minimum atomic E-state index is 1.47. The second-order valence-electron chi connectivity index (χ2n) is 0.693. The predicted octanol–water partition coefficient (Wildman–Crippen LogP) is 7.24. The van der Waals surface area contributed by atoms with E-state index < -0.39 is 0 Å². The Balaban J connectivity index is 2.73. The van der Waals surface area contributed by atoms with Gasteiger partial charge in [-0.1, -0.05) is 23.3 Å². The van der Waals surface area contributed by atoms with Gasteiger partial charge in [0, 0.05) is 0 Å². The standard InChI is InChI=1S/H2S12/c1-3-5-7-9-11-12-10-8-6-4-2/h1-2H. The van der Waals surface area contributed by atoms with E-state index in [4.69, 9.17) is 0 Å². The lowest BCUT2D eigenvalue weighted by atomic mass is 30.1. The van der Waals surface area contributed by atoms with Crippen LogP contribution < -0.4 is 0 Å². The Morgan fingerprint density at radius 3 is 0.917 bits per heavy atom. The molecule has 0 radical (unpaired) electrons. The van der Waals surface area contributed by atoms with Gasteiger partial charge in [-0.05, 0) is 98.3 Å². The van der Waals surface area contributed by atoms with Gasteiger partial charge >= 0.3 is 0 Å². The molecule has 0 aromatic carbocycles. The van der Waals surface area contributed by atoms with E-state index >= 15 is 0 Å². The quantitative estimate of drug-likeness (QED) is 0.235. The van der Waals surface area contributed by atoms with Crippen molar-refractivity contribution in [2.75, 3.05) is 0 Å². The molecule has 0 saturated carbocycles. The zero-order valence-electron chi connectivity index (χ0n) is 4.98. The molecule has 0 fully saturated rings. The molecule has 0 saturated heterocycles. The molecular weight excluding hydrogens is 385 g/mol. The summed E-state index contributed by atoms with van der Waals surface area (Å²) >= 11 is 7.99. The fourth-order valence-electron chi connectivity index (χ4n) is 0.0929. The summed E-state index contributed by atoms with van der Waals surface area (Å²) in [5.74, 6) is 0. The molecule has 0 unspecified atom stereocenters. The third-order valence-corrected chi connectivity index (χ3v) is 20.7. The van der Waals surface area contributed by atoms with E-state index in [2.05, 4.69) is 23.3 Å². The molecule has 0 nitrogen and oxygen atoms in total. The summed E-state index contributed by atoms with van der Waals surface area (Å²) in [5.41, 5.74) is 0. The molecule has 0 aliphatic carbocycles. The summed E-state index contributed by atoms with van der Waals surface area (Å²) < 4.78 is 0. The maximum atomic E-state index is 4.00. The smallest absolute Gasteiger partial charge is 0.00000000380 e. The maximum Gasteiger partial charge on any atom is -0.00000000380 e. The van der Waals surface area contributed by atoms with Gasteiger partial charge in [0.1, 0.15) is 0 Å². The molecule has 0 bridgehead atoms. The molecule has 0 N–H and O–H groups in total. The van der Waals surface area contributed by atoms with Gasteiger partial charge in [0.25, 0.3) is 0 Å². The van der Waals surface area contributed by atoms with Crippen LogP contribution in [-0.4, -0.2) is 0 Å². The average molecular weight is 387 g/mol. The van der Waals surface area contributed by atoms with Crippen molar-refractivity contribution in [3.05, 3.63) is 0 Å². The summed E-state index contributed by atoms with van der Waals surface area (Å²) in [6, 6.07) is 0. The molecule has 0 aromatic heterocycles. The zero-order valence-corrected chi connectivity index (χ0v) is 14.9. The Morgan fingerprint density at radius 1 is 0.417 bits per heavy atom. The molecule has 0 heterocycles. The molecule has 12 heavy (non-hydrogen) atoms. The van der Waals surface area contributed by atoms with E-state index in [0.29, 0.717) is 0 Å². The summed E-state index contributed by atoms with van der Waals surface area (Å²) in [7, 11) is 16.8. The second-order valence-corrected chi connectivity index (χ2v) is 18.7. The molecule has 0 spiro atoms. The van der Waals surface area contributed by atoms with Crippen molar-refractivity contribution < 1.29 is 0 Å². The highest BCUT2D eigenvalue weighted by atomic mass is 34.0. The summed E-state index contributed by atoms with van der Waals surface area (Å²) in [5, 5.41) is 0. The summed E-state index contributed by atoms with van der Waals surface area (Å²) in [4.78, 5) is 0. The summed E-state index contributed by atoms with van der Waals surface area (Å²) in [6.45, 7) is 0. The molecule has 74 valence electrons. The Hall–Kier alpha value is 4.20. The number of thiol groups is 2. The molecule has 0 amide bonds. The Morgan fingerprint density at radius 2 is 0.667 bits per heavy atom. The van der Waals surface area contributed by atoms with Crippen LogP contribution in [0.25, 0.3) is 0 Å². The monoisotopic (exact) mass is 386 g/mol. The van der Waals surface area contributed by atoms with Crippen LogP contribution >= 0.6 is 122 Å². The molecule has 0 atom stereocenters. The third-order valence-electron chi connectivity index (χ3n) is 0.255. The normalized spacial score (nSPS) is 10.5. The van der Waals surface area contributed by atoms with Gasteiger partial charge in [-0.15, -0.1) is 0 Å². The minimum Gasteiger partial charge on any atom is -0.0988 e. The lowest BCUT2D eigenvalue weighted by Crippen LogP contribution is -1.29. The van der Waals surface area contributed by atoms with Crippen molar-refractivity contribution >= 4 is 122 Å². The van der Waals surface area contributed by atoms with Crippen LogP contribution in [0, 0.1) is 0 Å². The van der Waals surface area contributed by atoms with Gasteiger partial charge in [-0.2, -0.15) is 0 Å². The van der Waals surface area contributed by atoms with Crippen molar-refractivity contribution in [1.29, 1.82) is 0 Å². The lowest BCUT2D eigenvalue weighted by Gasteiger charge is -1.94. The number of hydrogen-bond donors (Lipinski definition) is 2. The van der Waals surface area contributed by atoms with Crippen molar-refractivity contribution in [3.63, 3.8) is 0 Å². The van der Waals surface area contributed by atoms with E-state index in [1.807, 2.05) is 0 Å². The van der Waals surface area contributed by atoms with Crippen molar-refractivity contribution in [2.45, 2.75) is 0 Å². The van der Waals surface area contributed by atoms with Crippen molar-refractivity contribution in [3.8, 4) is 0 Å². The molecule has 0 rings (SSSR count). The highest BCUT2D eigenvalue weighted by Crippen LogP contribution is 2.60. The van der Waals surface area contributed by atoms with Gasteiger partial charge in [0.05, 0.1) is 0 Å². The topological polar surface area (TPSA) is 0 Å². The maximum absolute atomic E-state index is 4.00. The van der Waals surface area contributed by atoms with Gasteiger partial charge in [-0.3, -0.25) is 0 Å². The largest absolute Gasteiger partial charge is 0.0988 e. The summed E-state index contributed by atoms with van der Waals surface area (Å²) in [6.07, 6.45) is 0. The first kappa shape index (κ1) is 16.2. The van der Waals surface area contributed by atoms with E-state index in [0.717, 1.165) is 0 Å². The average Bonchev–Trinajstić information content (AvgIpc) is 2.10. The SMILES string of the molecule is SSSSSSSSSSSS. The van der Waals surface area contributed by atoms with E-state index in [9.17, 15) is 0 Å². The van der Waals surface area contributed by atoms with Crippen LogP contribution in [0.3, 0.4) is 0 Å². The predicted molar refractivity (Wildman–Crippen MR) is 93.9 cm³/mol. The second kappa shape index (κ2) is 15.2. The molecule has 0 aliphatic rings. The molecule has 0 aromatic rings. The molecule has 0 aliphatic heterocycles. The molecular formula is H2S12. The highest BCUT2D eigenvalue weighted by Gasteiger charge is 1.95. The molecule has 12 heteroatoms. The Bertz CT molecular complexity index is 56.4. The first-order valence-corrected chi connectivity index (χ1v) is 16.8. The Labute approximate surface area is 119 Å². The fraction of sp³-hybridized carbons (Fsp3) is 0. The van der Waals surface area contributed by atoms with E-state index in [1.54, 1.807) is 78.6 Å². The van der Waals surface area contributed by atoms with Crippen LogP contribution in [-0.2, 0) is 0 Å². The first-order valence-electron chi connectivity index (χ1n) is 1.87. The number of rotatable bonds is 9. The van der Waals surface area contributed by atoms with Gasteiger partial charge < -0.3 is 0 Å². The first-order chi connectivity index (χ1) is 5.91. The van der Waals surface area contributed by atoms with Crippen LogP contribution in [0.15, 0.2) is 0 Å². The van der Waals surface area contributed by atoms with Gasteiger partial charge in [-0.25, -0.2) is 0 Å². The zero-order chi connectivity index (χ0) is 9.07. The van der Waals surface area contributed by atoms with E-state index in [-0.39, 0.29) is 0 Å². The number of hydrogen-bond acceptors (Lipinski definition) is 12. The van der Waals surface area contributed by atoms with Gasteiger partial charge in [0.2, 0.25) is 0 Å². The van der Waals surface area contributed by atoms with Crippen LogP contribution in [0.1, 0.15) is 0 Å². The van der Waals surface area contributed by atoms with Crippen LogP contribution in [0.5, 0.6) is 0 Å². The van der Waals surface area contributed by atoms with Gasteiger partial charge in [0.15, 0.2) is 0 Å². The van der Waals surface area contributed by atoms with Crippen LogP contribution in [0.2, 0.25) is 0 Å². The van der Waals surface area contributed by atoms with Crippen molar-refractivity contribution in [2.24, 2.45) is 0 Å². The third kappa shape index (κ3) is 14.2. The fourth-order valence-corrected chi connectivity index (χ4v) is 22.6. The van der Waals surface area contributed by atoms with E-state index in [1.165, 1.54) is 19.7 Å². The minimum absolute atomic E-state index is 1.47.